The summed E-state index contributed by atoms with van der Waals surface area (Å²) in [6, 6.07) is 15.6. The summed E-state index contributed by atoms with van der Waals surface area (Å²) >= 11 is 18.6. The molecule has 2 rings (SSSR count). The van der Waals surface area contributed by atoms with Gasteiger partial charge in [0.15, 0.2) is 0 Å². The number of thiol groups is 2. The third-order valence-electron chi connectivity index (χ3n) is 1.89. The van der Waals surface area contributed by atoms with Crippen molar-refractivity contribution in [2.24, 2.45) is 0 Å². The lowest BCUT2D eigenvalue weighted by molar-refractivity contribution is 1.46. The van der Waals surface area contributed by atoms with E-state index in [-0.39, 0.29) is 0 Å². The second-order valence-corrected chi connectivity index (χ2v) is 6.05. The number of benzene rings is 2. The first-order valence-electron chi connectivity index (χ1n) is 4.81. The molecule has 0 saturated carbocycles. The van der Waals surface area contributed by atoms with Gasteiger partial charge in [0.2, 0.25) is 0 Å². The minimum absolute atomic E-state index is 0.770. The quantitative estimate of drug-likeness (QED) is 0.474. The van der Waals surface area contributed by atoms with E-state index in [0.29, 0.717) is 0 Å². The van der Waals surface area contributed by atoms with Crippen molar-refractivity contribution in [1.82, 2.24) is 0 Å². The van der Waals surface area contributed by atoms with E-state index < -0.39 is 0 Å². The van der Waals surface area contributed by atoms with Gasteiger partial charge in [-0.2, -0.15) is 0 Å². The number of halogens is 2. The molecule has 0 aromatic heterocycles. The van der Waals surface area contributed by atoms with Crippen LogP contribution < -0.4 is 0 Å². The van der Waals surface area contributed by atoms with Gasteiger partial charge in [0, 0.05) is 9.79 Å². The van der Waals surface area contributed by atoms with Crippen molar-refractivity contribution in [3.63, 3.8) is 0 Å². The van der Waals surface area contributed by atoms with Crippen molar-refractivity contribution in [3.8, 4) is 0 Å². The van der Waals surface area contributed by atoms with Crippen LogP contribution in [-0.4, -0.2) is 0 Å². The fraction of sp³-hybridized carbons (Fsp3) is 0. The highest BCUT2D eigenvalue weighted by atomic mass is 35.5. The highest BCUT2D eigenvalue weighted by molar-refractivity contribution is 8.76. The first-order chi connectivity index (χ1) is 8.77. The maximum Gasteiger partial charge on any atom is 0.0550 e. The van der Waals surface area contributed by atoms with E-state index in [0.717, 1.165) is 19.8 Å². The summed E-state index contributed by atoms with van der Waals surface area (Å²) in [5, 5.41) is 1.54. The van der Waals surface area contributed by atoms with Gasteiger partial charge in [-0.1, -0.05) is 69.1 Å². The van der Waals surface area contributed by atoms with Crippen LogP contribution in [0.25, 0.3) is 0 Å². The summed E-state index contributed by atoms with van der Waals surface area (Å²) in [7, 11) is 3.23. The lowest BCUT2D eigenvalue weighted by Gasteiger charge is -2.04. The Labute approximate surface area is 135 Å². The van der Waals surface area contributed by atoms with E-state index >= 15 is 0 Å². The fourth-order valence-electron chi connectivity index (χ4n) is 1.11. The molecule has 0 radical (unpaired) electrons. The monoisotopic (exact) mass is 352 g/mol. The first kappa shape index (κ1) is 16.5. The summed E-state index contributed by atoms with van der Waals surface area (Å²) in [5.41, 5.74) is 0. The number of hydrogen-bond acceptors (Lipinski definition) is 4. The maximum absolute atomic E-state index is 6.06. The van der Waals surface area contributed by atoms with Crippen LogP contribution in [0.3, 0.4) is 0 Å². The minimum atomic E-state index is 0.770. The van der Waals surface area contributed by atoms with E-state index in [2.05, 4.69) is 23.3 Å². The predicted molar refractivity (Wildman–Crippen MR) is 92.6 cm³/mol. The molecule has 0 saturated heterocycles. The first-order valence-corrected chi connectivity index (χ1v) is 9.31. The summed E-state index contributed by atoms with van der Waals surface area (Å²) in [6.07, 6.45) is 0. The molecule has 0 bridgehead atoms. The van der Waals surface area contributed by atoms with Crippen LogP contribution in [0.4, 0.5) is 0 Å². The van der Waals surface area contributed by atoms with Crippen LogP contribution in [-0.2, 0) is 0 Å². The van der Waals surface area contributed by atoms with Crippen molar-refractivity contribution in [3.05, 3.63) is 58.6 Å². The largest absolute Gasteiger partial charge is 0.115 e. The van der Waals surface area contributed by atoms with E-state index in [1.165, 1.54) is 0 Å². The van der Waals surface area contributed by atoms with Crippen molar-refractivity contribution < 1.29 is 0 Å². The second kappa shape index (κ2) is 9.34. The van der Waals surface area contributed by atoms with Gasteiger partial charge < -0.3 is 0 Å². The van der Waals surface area contributed by atoms with Crippen LogP contribution in [0, 0.1) is 0 Å². The number of hydrogen-bond donors (Lipinski definition) is 2. The van der Waals surface area contributed by atoms with Crippen LogP contribution in [0.15, 0.2) is 58.3 Å². The lowest BCUT2D eigenvalue weighted by Crippen LogP contribution is -1.72. The molecule has 0 heterocycles. The van der Waals surface area contributed by atoms with Crippen LogP contribution >= 0.6 is 68.1 Å². The van der Waals surface area contributed by atoms with Crippen molar-refractivity contribution in [1.29, 1.82) is 0 Å². The molecular formula is C12H10Cl2S4. The smallest absolute Gasteiger partial charge is 0.0550 e. The SMILES string of the molecule is Clc1ccccc1SSc1ccccc1Cl.SS. The molecule has 96 valence electrons. The molecule has 0 N–H and O–H groups in total. The van der Waals surface area contributed by atoms with Crippen LogP contribution in [0.5, 0.6) is 0 Å². The van der Waals surface area contributed by atoms with Gasteiger partial charge in [-0.15, -0.1) is 23.3 Å². The molecule has 0 spiro atoms. The van der Waals surface area contributed by atoms with Gasteiger partial charge in [0.05, 0.1) is 10.0 Å². The molecule has 6 heteroatoms. The third kappa shape index (κ3) is 5.19. The normalized spacial score (nSPS) is 9.56. The van der Waals surface area contributed by atoms with Crippen molar-refractivity contribution >= 4 is 68.1 Å². The molecule has 2 aromatic carbocycles. The molecule has 0 amide bonds. The van der Waals surface area contributed by atoms with Crippen molar-refractivity contribution in [2.45, 2.75) is 9.79 Å². The van der Waals surface area contributed by atoms with E-state index in [9.17, 15) is 0 Å². The molecule has 0 aliphatic heterocycles. The molecule has 2 aromatic rings. The Hall–Kier alpha value is 0.420. The second-order valence-electron chi connectivity index (χ2n) is 3.03. The fourth-order valence-corrected chi connectivity index (χ4v) is 4.05. The number of rotatable bonds is 3. The third-order valence-corrected chi connectivity index (χ3v) is 5.26. The van der Waals surface area contributed by atoms with Gasteiger partial charge in [0.1, 0.15) is 0 Å². The summed E-state index contributed by atoms with van der Waals surface area (Å²) in [4.78, 5) is 2.10. The van der Waals surface area contributed by atoms with Crippen molar-refractivity contribution in [2.75, 3.05) is 0 Å². The van der Waals surface area contributed by atoms with Crippen LogP contribution in [0.2, 0.25) is 10.0 Å². The van der Waals surface area contributed by atoms with Gasteiger partial charge in [-0.3, -0.25) is 0 Å². The molecule has 0 nitrogen and oxygen atoms in total. The molecule has 0 unspecified atom stereocenters. The summed E-state index contributed by atoms with van der Waals surface area (Å²) in [6.45, 7) is 0. The zero-order valence-electron chi connectivity index (χ0n) is 9.09. The van der Waals surface area contributed by atoms with Gasteiger partial charge in [0.25, 0.3) is 0 Å². The Morgan fingerprint density at radius 3 is 1.33 bits per heavy atom. The van der Waals surface area contributed by atoms with Gasteiger partial charge >= 0.3 is 0 Å². The highest BCUT2D eigenvalue weighted by Gasteiger charge is 2.03. The Morgan fingerprint density at radius 1 is 0.667 bits per heavy atom. The average molecular weight is 353 g/mol. The van der Waals surface area contributed by atoms with Gasteiger partial charge in [-0.25, -0.2) is 0 Å². The predicted octanol–water partition coefficient (Wildman–Crippen LogP) is 6.55. The highest BCUT2D eigenvalue weighted by Crippen LogP contribution is 2.42. The Morgan fingerprint density at radius 2 is 1.00 bits per heavy atom. The van der Waals surface area contributed by atoms with Gasteiger partial charge in [-0.05, 0) is 24.3 Å². The zero-order valence-corrected chi connectivity index (χ0v) is 14.0. The Kier molecular flexibility index (Phi) is 8.55. The Bertz CT molecular complexity index is 446. The zero-order chi connectivity index (χ0) is 13.4. The molecule has 0 aliphatic rings. The molecule has 0 aliphatic carbocycles. The topological polar surface area (TPSA) is 0 Å². The summed E-state index contributed by atoms with van der Waals surface area (Å²) < 4.78 is 0. The van der Waals surface area contributed by atoms with E-state index in [1.54, 1.807) is 21.6 Å². The average Bonchev–Trinajstić information content (AvgIpc) is 2.42. The standard InChI is InChI=1S/C12H8Cl2S2.H2S2/c13-9-5-1-3-7-11(9)15-16-12-8-4-2-6-10(12)14;1-2/h1-8H;1-2H. The van der Waals surface area contributed by atoms with Crippen LogP contribution in [0.1, 0.15) is 0 Å². The summed E-state index contributed by atoms with van der Waals surface area (Å²) in [5.74, 6) is 0. The Balaban J connectivity index is 0.000000771. The van der Waals surface area contributed by atoms with E-state index in [4.69, 9.17) is 23.2 Å². The van der Waals surface area contributed by atoms with E-state index in [1.807, 2.05) is 48.5 Å². The molecule has 0 fully saturated rings. The molecule has 0 atom stereocenters. The lowest BCUT2D eigenvalue weighted by atomic mass is 10.4. The molecular weight excluding hydrogens is 343 g/mol. The molecule has 18 heavy (non-hydrogen) atoms. The minimum Gasteiger partial charge on any atom is -0.115 e. The maximum atomic E-state index is 6.06.